The van der Waals surface area contributed by atoms with Crippen LogP contribution in [0.2, 0.25) is 0 Å². The van der Waals surface area contributed by atoms with Crippen LogP contribution in [-0.4, -0.2) is 24.3 Å². The molecule has 4 bridgehead atoms. The van der Waals surface area contributed by atoms with Gasteiger partial charge in [0.05, 0.1) is 0 Å². The van der Waals surface area contributed by atoms with Crippen molar-refractivity contribution in [2.24, 2.45) is 23.7 Å². The van der Waals surface area contributed by atoms with Crippen molar-refractivity contribution in [1.29, 1.82) is 0 Å². The highest BCUT2D eigenvalue weighted by atomic mass is 16.1. The van der Waals surface area contributed by atoms with Gasteiger partial charge < -0.3 is 4.79 Å². The first kappa shape index (κ1) is 11.7. The van der Waals surface area contributed by atoms with Crippen LogP contribution < -0.4 is 0 Å². The Hall–Kier alpha value is -1.15. The Morgan fingerprint density at radius 2 is 1.79 bits per heavy atom. The van der Waals surface area contributed by atoms with Crippen molar-refractivity contribution in [3.8, 4) is 0 Å². The van der Waals surface area contributed by atoms with E-state index in [0.29, 0.717) is 17.8 Å². The monoisotopic (exact) mass is 255 g/mol. The fourth-order valence-electron chi connectivity index (χ4n) is 5.07. The third-order valence-corrected chi connectivity index (χ3v) is 6.14. The van der Waals surface area contributed by atoms with Gasteiger partial charge >= 0.3 is 0 Å². The third-order valence-electron chi connectivity index (χ3n) is 6.14. The molecule has 0 radical (unpaired) electrons. The summed E-state index contributed by atoms with van der Waals surface area (Å²) in [4.78, 5) is 14.0. The zero-order chi connectivity index (χ0) is 13.0. The maximum Gasteiger partial charge on any atom is 0.123 e. The lowest BCUT2D eigenvalue weighted by atomic mass is 9.54. The number of rotatable bonds is 2. The van der Waals surface area contributed by atoms with Gasteiger partial charge in [-0.3, -0.25) is 4.90 Å². The van der Waals surface area contributed by atoms with Gasteiger partial charge in [0, 0.05) is 24.5 Å². The molecule has 5 rings (SSSR count). The van der Waals surface area contributed by atoms with Crippen LogP contribution >= 0.6 is 0 Å². The van der Waals surface area contributed by atoms with Gasteiger partial charge in [-0.05, 0) is 43.1 Å². The van der Waals surface area contributed by atoms with Gasteiger partial charge in [0.1, 0.15) is 6.29 Å². The van der Waals surface area contributed by atoms with Gasteiger partial charge in [-0.25, -0.2) is 0 Å². The molecule has 0 spiro atoms. The molecule has 3 unspecified atom stereocenters. The van der Waals surface area contributed by atoms with E-state index < -0.39 is 0 Å². The number of carbonyl (C=O) groups is 1. The Labute approximate surface area is 114 Å². The zero-order valence-electron chi connectivity index (χ0n) is 11.5. The number of aldehydes is 1. The summed E-state index contributed by atoms with van der Waals surface area (Å²) in [6, 6.07) is 11.0. The Balaban J connectivity index is 1.73. The molecule has 1 saturated carbocycles. The van der Waals surface area contributed by atoms with Crippen molar-refractivity contribution in [1.82, 2.24) is 4.90 Å². The first-order valence-electron chi connectivity index (χ1n) is 7.49. The first-order chi connectivity index (χ1) is 9.23. The minimum absolute atomic E-state index is 0.197. The molecular weight excluding hydrogens is 234 g/mol. The molecule has 19 heavy (non-hydrogen) atoms. The predicted octanol–water partition coefficient (Wildman–Crippen LogP) is 2.69. The van der Waals surface area contributed by atoms with Crippen LogP contribution in [0.25, 0.3) is 0 Å². The van der Waals surface area contributed by atoms with E-state index in [0.717, 1.165) is 19.0 Å². The molecule has 3 heterocycles. The summed E-state index contributed by atoms with van der Waals surface area (Å²) in [5.41, 5.74) is 1.66. The van der Waals surface area contributed by atoms with Crippen LogP contribution in [0.15, 0.2) is 30.3 Å². The quantitative estimate of drug-likeness (QED) is 0.757. The highest BCUT2D eigenvalue weighted by molar-refractivity contribution is 5.56. The summed E-state index contributed by atoms with van der Waals surface area (Å²) in [6.07, 6.45) is 3.72. The molecule has 2 heteroatoms. The predicted molar refractivity (Wildman–Crippen MR) is 74.6 cm³/mol. The standard InChI is InChI=1S/C17H21NO/c1-17(14-5-3-2-4-6-14)15-7-12-9-18(17)10-13(8-15)16(12)11-19/h2-6,11-13,15-16H,7-10H2,1H3. The lowest BCUT2D eigenvalue weighted by Gasteiger charge is -2.64. The first-order valence-corrected chi connectivity index (χ1v) is 7.49. The Kier molecular flexibility index (Phi) is 2.41. The van der Waals surface area contributed by atoms with E-state index in [-0.39, 0.29) is 5.54 Å². The van der Waals surface area contributed by atoms with Gasteiger partial charge in [-0.15, -0.1) is 0 Å². The van der Waals surface area contributed by atoms with E-state index in [1.165, 1.54) is 24.7 Å². The topological polar surface area (TPSA) is 20.3 Å². The van der Waals surface area contributed by atoms with Crippen LogP contribution in [-0.2, 0) is 10.3 Å². The van der Waals surface area contributed by atoms with Crippen molar-refractivity contribution in [3.05, 3.63) is 35.9 Å². The summed E-state index contributed by atoms with van der Waals surface area (Å²) in [5, 5.41) is 0. The highest BCUT2D eigenvalue weighted by Gasteiger charge is 2.57. The molecule has 0 aromatic heterocycles. The third kappa shape index (κ3) is 1.44. The van der Waals surface area contributed by atoms with E-state index in [1.54, 1.807) is 0 Å². The molecule has 4 aliphatic rings. The van der Waals surface area contributed by atoms with Gasteiger partial charge in [0.15, 0.2) is 0 Å². The van der Waals surface area contributed by atoms with Gasteiger partial charge in [-0.1, -0.05) is 30.3 Å². The van der Waals surface area contributed by atoms with E-state index in [4.69, 9.17) is 0 Å². The molecule has 100 valence electrons. The SMILES string of the molecule is CC1(c2ccccc2)C2CC3CN1CC(C2)C3C=O. The van der Waals surface area contributed by atoms with E-state index in [1.807, 2.05) is 0 Å². The van der Waals surface area contributed by atoms with Crippen LogP contribution in [0.3, 0.4) is 0 Å². The van der Waals surface area contributed by atoms with E-state index >= 15 is 0 Å². The summed E-state index contributed by atoms with van der Waals surface area (Å²) in [5.74, 6) is 2.30. The van der Waals surface area contributed by atoms with Gasteiger partial charge in [0.25, 0.3) is 0 Å². The Morgan fingerprint density at radius 1 is 1.16 bits per heavy atom. The lowest BCUT2D eigenvalue weighted by molar-refractivity contribution is -0.157. The molecule has 1 aliphatic carbocycles. The molecule has 0 amide bonds. The average molecular weight is 255 g/mol. The highest BCUT2D eigenvalue weighted by Crippen LogP contribution is 2.57. The molecule has 3 aliphatic heterocycles. The number of carbonyl (C=O) groups excluding carboxylic acids is 1. The van der Waals surface area contributed by atoms with Crippen LogP contribution in [0.4, 0.5) is 0 Å². The fourth-order valence-corrected chi connectivity index (χ4v) is 5.07. The molecule has 0 N–H and O–H groups in total. The summed E-state index contributed by atoms with van der Waals surface area (Å²) in [7, 11) is 0. The molecule has 4 fully saturated rings. The second-order valence-electron chi connectivity index (χ2n) is 6.82. The van der Waals surface area contributed by atoms with Crippen LogP contribution in [0.1, 0.15) is 25.3 Å². The largest absolute Gasteiger partial charge is 0.303 e. The summed E-state index contributed by atoms with van der Waals surface area (Å²) >= 11 is 0. The average Bonchev–Trinajstić information content (AvgIpc) is 2.44. The van der Waals surface area contributed by atoms with E-state index in [2.05, 4.69) is 42.2 Å². The number of benzene rings is 1. The number of hydrogen-bond donors (Lipinski definition) is 0. The van der Waals surface area contributed by atoms with Crippen molar-refractivity contribution in [3.63, 3.8) is 0 Å². The van der Waals surface area contributed by atoms with Crippen LogP contribution in [0, 0.1) is 23.7 Å². The lowest BCUT2D eigenvalue weighted by Crippen LogP contribution is -2.66. The molecule has 3 atom stereocenters. The second kappa shape index (κ2) is 3.92. The number of nitrogens with zero attached hydrogens (tertiary/aromatic N) is 1. The van der Waals surface area contributed by atoms with Crippen LogP contribution in [0.5, 0.6) is 0 Å². The number of piperidine rings is 3. The molecular formula is C17H21NO. The molecule has 1 aromatic rings. The van der Waals surface area contributed by atoms with E-state index in [9.17, 15) is 4.79 Å². The zero-order valence-corrected chi connectivity index (χ0v) is 11.5. The maximum absolute atomic E-state index is 11.3. The van der Waals surface area contributed by atoms with Crippen molar-refractivity contribution in [2.75, 3.05) is 13.1 Å². The molecule has 3 saturated heterocycles. The molecule has 2 nitrogen and oxygen atoms in total. The minimum Gasteiger partial charge on any atom is -0.303 e. The number of hydrogen-bond acceptors (Lipinski definition) is 2. The smallest absolute Gasteiger partial charge is 0.123 e. The maximum atomic E-state index is 11.3. The van der Waals surface area contributed by atoms with Crippen molar-refractivity contribution >= 4 is 6.29 Å². The van der Waals surface area contributed by atoms with Gasteiger partial charge in [0.2, 0.25) is 0 Å². The normalized spacial score (nSPS) is 47.3. The van der Waals surface area contributed by atoms with Crippen molar-refractivity contribution in [2.45, 2.75) is 25.3 Å². The fraction of sp³-hybridized carbons (Fsp3) is 0.588. The summed E-state index contributed by atoms with van der Waals surface area (Å²) < 4.78 is 0. The van der Waals surface area contributed by atoms with Gasteiger partial charge in [-0.2, -0.15) is 0 Å². The molecule has 1 aromatic carbocycles. The Bertz CT molecular complexity index is 465. The Morgan fingerprint density at radius 3 is 2.32 bits per heavy atom. The second-order valence-corrected chi connectivity index (χ2v) is 6.82. The summed E-state index contributed by atoms with van der Waals surface area (Å²) in [6.45, 7) is 4.64. The van der Waals surface area contributed by atoms with Crippen molar-refractivity contribution < 1.29 is 4.79 Å². The minimum atomic E-state index is 0.197.